The third-order valence-corrected chi connectivity index (χ3v) is 5.10. The predicted octanol–water partition coefficient (Wildman–Crippen LogP) is 4.36. The van der Waals surface area contributed by atoms with E-state index < -0.39 is 5.91 Å². The number of nitrogens with zero attached hydrogens (tertiary/aromatic N) is 1. The molecule has 0 fully saturated rings. The summed E-state index contributed by atoms with van der Waals surface area (Å²) in [6, 6.07) is 14.7. The van der Waals surface area contributed by atoms with Gasteiger partial charge in [0, 0.05) is 11.9 Å². The maximum atomic E-state index is 12.6. The summed E-state index contributed by atoms with van der Waals surface area (Å²) in [6.07, 6.45) is 6.81. The van der Waals surface area contributed by atoms with Gasteiger partial charge < -0.3 is 15.7 Å². The third kappa shape index (κ3) is 4.72. The first-order chi connectivity index (χ1) is 13.6. The Morgan fingerprint density at radius 1 is 1.18 bits per heavy atom. The number of anilines is 1. The van der Waals surface area contributed by atoms with Crippen LogP contribution < -0.4 is 10.6 Å². The summed E-state index contributed by atoms with van der Waals surface area (Å²) in [6.45, 7) is 2.02. The zero-order chi connectivity index (χ0) is 19.9. The van der Waals surface area contributed by atoms with Crippen molar-refractivity contribution in [3.8, 4) is 11.8 Å². The number of phenolic OH excluding ortho intramolecular Hbond substituents is 1. The van der Waals surface area contributed by atoms with Gasteiger partial charge in [-0.3, -0.25) is 4.79 Å². The van der Waals surface area contributed by atoms with Crippen molar-refractivity contribution in [3.63, 3.8) is 0 Å². The van der Waals surface area contributed by atoms with Crippen LogP contribution in [0.25, 0.3) is 0 Å². The monoisotopic (exact) mass is 375 g/mol. The van der Waals surface area contributed by atoms with E-state index in [0.717, 1.165) is 24.8 Å². The average Bonchev–Trinajstić information content (AvgIpc) is 2.73. The number of hydrogen-bond donors (Lipinski definition) is 3. The lowest BCUT2D eigenvalue weighted by molar-refractivity contribution is -0.117. The van der Waals surface area contributed by atoms with E-state index in [1.807, 2.05) is 13.0 Å². The number of amides is 1. The lowest BCUT2D eigenvalue weighted by atomic mass is 9.88. The summed E-state index contributed by atoms with van der Waals surface area (Å²) in [4.78, 5) is 12.6. The van der Waals surface area contributed by atoms with E-state index in [1.54, 1.807) is 12.1 Å². The fraction of sp³-hybridized carbons (Fsp3) is 0.304. The Morgan fingerprint density at radius 3 is 2.57 bits per heavy atom. The van der Waals surface area contributed by atoms with Gasteiger partial charge in [0.15, 0.2) is 0 Å². The van der Waals surface area contributed by atoms with Crippen molar-refractivity contribution in [3.05, 3.63) is 70.9 Å². The number of benzene rings is 2. The van der Waals surface area contributed by atoms with Crippen LogP contribution >= 0.6 is 0 Å². The molecule has 2 aromatic carbocycles. The fourth-order valence-electron chi connectivity index (χ4n) is 3.49. The van der Waals surface area contributed by atoms with Crippen LogP contribution in [-0.2, 0) is 17.6 Å². The van der Waals surface area contributed by atoms with Gasteiger partial charge in [-0.05, 0) is 73.1 Å². The second-order valence-corrected chi connectivity index (χ2v) is 7.03. The second-order valence-electron chi connectivity index (χ2n) is 7.03. The molecule has 1 aliphatic carbocycles. The SMILES string of the molecule is CCC(NC(=O)/C(C#N)=C\Nc1ccc(O)cc1)c1ccc2c(c1)CCCC2. The highest BCUT2D eigenvalue weighted by molar-refractivity contribution is 5.97. The number of aryl methyl sites for hydroxylation is 2. The number of nitriles is 1. The van der Waals surface area contributed by atoms with Crippen molar-refractivity contribution in [2.75, 3.05) is 5.32 Å². The van der Waals surface area contributed by atoms with E-state index in [-0.39, 0.29) is 17.4 Å². The molecule has 0 radical (unpaired) electrons. The van der Waals surface area contributed by atoms with Crippen LogP contribution in [0.3, 0.4) is 0 Å². The smallest absolute Gasteiger partial charge is 0.263 e. The number of rotatable bonds is 6. The number of carbonyl (C=O) groups is 1. The molecule has 3 N–H and O–H groups in total. The molecule has 28 heavy (non-hydrogen) atoms. The normalized spacial score (nSPS) is 14.5. The maximum absolute atomic E-state index is 12.6. The molecule has 0 heterocycles. The minimum atomic E-state index is -0.404. The minimum absolute atomic E-state index is 0.00415. The van der Waals surface area contributed by atoms with Crippen molar-refractivity contribution in [1.82, 2.24) is 5.32 Å². The first kappa shape index (κ1) is 19.5. The summed E-state index contributed by atoms with van der Waals surface area (Å²) < 4.78 is 0. The van der Waals surface area contributed by atoms with Crippen molar-refractivity contribution in [2.45, 2.75) is 45.1 Å². The standard InChI is InChI=1S/C23H25N3O2/c1-2-22(18-8-7-16-5-3-4-6-17(16)13-18)26-23(28)19(14-24)15-25-20-9-11-21(27)12-10-20/h7-13,15,22,25,27H,2-6H2,1H3,(H,26,28)/b19-15-. The Labute approximate surface area is 165 Å². The van der Waals surface area contributed by atoms with E-state index in [0.29, 0.717) is 5.69 Å². The highest BCUT2D eigenvalue weighted by Crippen LogP contribution is 2.26. The molecule has 5 nitrogen and oxygen atoms in total. The minimum Gasteiger partial charge on any atom is -0.508 e. The van der Waals surface area contributed by atoms with E-state index in [2.05, 4.69) is 28.8 Å². The lowest BCUT2D eigenvalue weighted by Gasteiger charge is -2.21. The van der Waals surface area contributed by atoms with Crippen molar-refractivity contribution in [1.29, 1.82) is 5.26 Å². The number of aromatic hydroxyl groups is 1. The Bertz CT molecular complexity index is 910. The third-order valence-electron chi connectivity index (χ3n) is 5.10. The zero-order valence-corrected chi connectivity index (χ0v) is 16.0. The van der Waals surface area contributed by atoms with Gasteiger partial charge in [0.05, 0.1) is 6.04 Å². The first-order valence-corrected chi connectivity index (χ1v) is 9.69. The highest BCUT2D eigenvalue weighted by atomic mass is 16.3. The molecule has 1 atom stereocenters. The quantitative estimate of drug-likeness (QED) is 0.398. The summed E-state index contributed by atoms with van der Waals surface area (Å²) in [5, 5.41) is 24.6. The molecule has 0 saturated heterocycles. The van der Waals surface area contributed by atoms with Gasteiger partial charge in [-0.2, -0.15) is 5.26 Å². The van der Waals surface area contributed by atoms with E-state index in [9.17, 15) is 15.2 Å². The Balaban J connectivity index is 1.70. The van der Waals surface area contributed by atoms with Crippen LogP contribution in [0.2, 0.25) is 0 Å². The number of carbonyl (C=O) groups excluding carboxylic acids is 1. The molecule has 0 aromatic heterocycles. The summed E-state index contributed by atoms with van der Waals surface area (Å²) in [7, 11) is 0. The van der Waals surface area contributed by atoms with Crippen LogP contribution in [0, 0.1) is 11.3 Å². The molecule has 1 unspecified atom stereocenters. The molecule has 3 rings (SSSR count). The second kappa shape index (κ2) is 9.09. The predicted molar refractivity (Wildman–Crippen MR) is 110 cm³/mol. The van der Waals surface area contributed by atoms with Gasteiger partial charge in [0.25, 0.3) is 5.91 Å². The molecule has 0 aliphatic heterocycles. The summed E-state index contributed by atoms with van der Waals surface area (Å²) in [5.74, 6) is -0.248. The Morgan fingerprint density at radius 2 is 1.89 bits per heavy atom. The van der Waals surface area contributed by atoms with Gasteiger partial charge in [0.1, 0.15) is 17.4 Å². The van der Waals surface area contributed by atoms with Gasteiger partial charge in [-0.1, -0.05) is 25.1 Å². The molecule has 0 spiro atoms. The van der Waals surface area contributed by atoms with Crippen molar-refractivity contribution < 1.29 is 9.90 Å². The number of nitrogens with one attached hydrogen (secondary N) is 2. The largest absolute Gasteiger partial charge is 0.508 e. The topological polar surface area (TPSA) is 85.2 Å². The molecule has 0 saturated carbocycles. The fourth-order valence-corrected chi connectivity index (χ4v) is 3.49. The molecule has 1 aliphatic rings. The molecule has 0 bridgehead atoms. The highest BCUT2D eigenvalue weighted by Gasteiger charge is 2.18. The van der Waals surface area contributed by atoms with Gasteiger partial charge in [0.2, 0.25) is 0 Å². The molecule has 5 heteroatoms. The van der Waals surface area contributed by atoms with Crippen LogP contribution in [0.4, 0.5) is 5.69 Å². The van der Waals surface area contributed by atoms with E-state index >= 15 is 0 Å². The Kier molecular flexibility index (Phi) is 6.33. The number of hydrogen-bond acceptors (Lipinski definition) is 4. The summed E-state index contributed by atoms with van der Waals surface area (Å²) >= 11 is 0. The van der Waals surface area contributed by atoms with Gasteiger partial charge >= 0.3 is 0 Å². The van der Waals surface area contributed by atoms with E-state index in [1.165, 1.54) is 42.3 Å². The number of fused-ring (bicyclic) bond motifs is 1. The average molecular weight is 375 g/mol. The van der Waals surface area contributed by atoms with Gasteiger partial charge in [-0.15, -0.1) is 0 Å². The maximum Gasteiger partial charge on any atom is 0.263 e. The van der Waals surface area contributed by atoms with Crippen LogP contribution in [-0.4, -0.2) is 11.0 Å². The van der Waals surface area contributed by atoms with E-state index in [4.69, 9.17) is 0 Å². The van der Waals surface area contributed by atoms with Crippen molar-refractivity contribution in [2.24, 2.45) is 0 Å². The zero-order valence-electron chi connectivity index (χ0n) is 16.0. The van der Waals surface area contributed by atoms with Crippen LogP contribution in [0.1, 0.15) is 48.9 Å². The molecule has 1 amide bonds. The Hall–Kier alpha value is -3.26. The number of phenols is 1. The van der Waals surface area contributed by atoms with Crippen molar-refractivity contribution >= 4 is 11.6 Å². The molecular weight excluding hydrogens is 350 g/mol. The molecule has 2 aromatic rings. The van der Waals surface area contributed by atoms with Crippen LogP contribution in [0.5, 0.6) is 5.75 Å². The molecule has 144 valence electrons. The van der Waals surface area contributed by atoms with Crippen LogP contribution in [0.15, 0.2) is 54.2 Å². The molecular formula is C23H25N3O2. The van der Waals surface area contributed by atoms with Gasteiger partial charge in [-0.25, -0.2) is 0 Å². The lowest BCUT2D eigenvalue weighted by Crippen LogP contribution is -2.29. The first-order valence-electron chi connectivity index (χ1n) is 9.69. The summed E-state index contributed by atoms with van der Waals surface area (Å²) in [5.41, 5.74) is 4.55.